The van der Waals surface area contributed by atoms with Crippen molar-refractivity contribution in [3.63, 3.8) is 0 Å². The number of unbranched alkanes of at least 4 members (excludes halogenated alkanes) is 1. The minimum Gasteiger partial charge on any atom is -0.477 e. The number of rotatable bonds is 7. The third kappa shape index (κ3) is 3.05. The van der Waals surface area contributed by atoms with Gasteiger partial charge in [0.15, 0.2) is 0 Å². The van der Waals surface area contributed by atoms with Gasteiger partial charge in [-0.1, -0.05) is 19.4 Å². The molecular weight excluding hydrogens is 240 g/mol. The van der Waals surface area contributed by atoms with Gasteiger partial charge in [0.25, 0.3) is 0 Å². The highest BCUT2D eigenvalue weighted by Gasteiger charge is 2.11. The zero-order valence-electron chi connectivity index (χ0n) is 11.5. The summed E-state index contributed by atoms with van der Waals surface area (Å²) in [4.78, 5) is 8.89. The number of ether oxygens (including phenoxy) is 1. The number of aromatic nitrogens is 3. The summed E-state index contributed by atoms with van der Waals surface area (Å²) < 4.78 is 7.72. The van der Waals surface area contributed by atoms with E-state index in [4.69, 9.17) is 4.74 Å². The molecule has 0 unspecified atom stereocenters. The number of fused-ring (bicyclic) bond motifs is 1. The molecule has 0 saturated heterocycles. The van der Waals surface area contributed by atoms with E-state index in [1.54, 1.807) is 6.08 Å². The molecule has 1 N–H and O–H groups in total. The Morgan fingerprint density at radius 2 is 2.32 bits per heavy atom. The zero-order chi connectivity index (χ0) is 13.7. The van der Waals surface area contributed by atoms with E-state index in [1.165, 1.54) is 0 Å². The van der Waals surface area contributed by atoms with Crippen LogP contribution in [0.1, 0.15) is 19.8 Å². The summed E-state index contributed by atoms with van der Waals surface area (Å²) in [6.45, 7) is 7.12. The van der Waals surface area contributed by atoms with E-state index >= 15 is 0 Å². The van der Waals surface area contributed by atoms with Crippen LogP contribution < -0.4 is 10.1 Å². The van der Waals surface area contributed by atoms with Crippen molar-refractivity contribution in [3.8, 4) is 5.88 Å². The molecule has 0 bridgehead atoms. The molecule has 0 aliphatic heterocycles. The highest BCUT2D eigenvalue weighted by molar-refractivity contribution is 5.82. The van der Waals surface area contributed by atoms with Crippen molar-refractivity contribution < 1.29 is 4.74 Å². The zero-order valence-corrected chi connectivity index (χ0v) is 11.5. The fourth-order valence-corrected chi connectivity index (χ4v) is 1.77. The summed E-state index contributed by atoms with van der Waals surface area (Å²) in [5, 5.41) is 4.05. The molecule has 102 valence electrons. The van der Waals surface area contributed by atoms with Crippen LogP contribution >= 0.6 is 0 Å². The molecule has 19 heavy (non-hydrogen) atoms. The van der Waals surface area contributed by atoms with Crippen molar-refractivity contribution in [2.24, 2.45) is 7.05 Å². The Balaban J connectivity index is 2.32. The Kier molecular flexibility index (Phi) is 4.39. The molecule has 0 aromatic carbocycles. The van der Waals surface area contributed by atoms with Crippen LogP contribution in [0.2, 0.25) is 0 Å². The minimum atomic E-state index is 0.570. The molecule has 0 radical (unpaired) electrons. The highest BCUT2D eigenvalue weighted by atomic mass is 16.5. The Labute approximate surface area is 113 Å². The minimum absolute atomic E-state index is 0.570. The molecule has 0 aliphatic rings. The normalized spacial score (nSPS) is 10.6. The quantitative estimate of drug-likeness (QED) is 0.614. The third-order valence-corrected chi connectivity index (χ3v) is 2.83. The van der Waals surface area contributed by atoms with Gasteiger partial charge in [-0.05, 0) is 12.5 Å². The van der Waals surface area contributed by atoms with Crippen LogP contribution in [-0.2, 0) is 7.05 Å². The summed E-state index contributed by atoms with van der Waals surface area (Å²) in [7, 11) is 1.96. The molecule has 2 rings (SSSR count). The molecule has 2 heterocycles. The van der Waals surface area contributed by atoms with Crippen LogP contribution in [0, 0.1) is 0 Å². The first kappa shape index (κ1) is 13.4. The molecule has 0 atom stereocenters. The average Bonchev–Trinajstić information content (AvgIpc) is 2.79. The first-order valence-corrected chi connectivity index (χ1v) is 6.57. The first-order chi connectivity index (χ1) is 9.26. The molecule has 0 spiro atoms. The second-order valence-corrected chi connectivity index (χ2v) is 4.39. The SMILES string of the molecule is C=CCNc1nc(OCCCC)c2ccn(C)c2n1. The smallest absolute Gasteiger partial charge is 0.228 e. The van der Waals surface area contributed by atoms with Gasteiger partial charge in [0.05, 0.1) is 12.0 Å². The van der Waals surface area contributed by atoms with Gasteiger partial charge in [-0.25, -0.2) is 0 Å². The molecule has 0 saturated carbocycles. The van der Waals surface area contributed by atoms with Gasteiger partial charge in [-0.3, -0.25) is 0 Å². The molecule has 0 aliphatic carbocycles. The lowest BCUT2D eigenvalue weighted by molar-refractivity contribution is 0.302. The molecular formula is C14H20N4O. The molecule has 0 fully saturated rings. The van der Waals surface area contributed by atoms with E-state index in [0.29, 0.717) is 25.0 Å². The number of aryl methyl sites for hydroxylation is 1. The summed E-state index contributed by atoms with van der Waals surface area (Å²) in [5.74, 6) is 1.21. The van der Waals surface area contributed by atoms with Gasteiger partial charge in [0.2, 0.25) is 11.8 Å². The van der Waals surface area contributed by atoms with E-state index in [0.717, 1.165) is 23.9 Å². The lowest BCUT2D eigenvalue weighted by Gasteiger charge is -2.09. The monoisotopic (exact) mass is 260 g/mol. The van der Waals surface area contributed by atoms with Crippen molar-refractivity contribution in [3.05, 3.63) is 24.9 Å². The van der Waals surface area contributed by atoms with E-state index in [2.05, 4.69) is 28.8 Å². The summed E-state index contributed by atoms with van der Waals surface area (Å²) in [6.07, 6.45) is 5.86. The van der Waals surface area contributed by atoms with Crippen molar-refractivity contribution >= 4 is 17.0 Å². The standard InChI is InChI=1S/C14H20N4O/c1-4-6-10-19-13-11-7-9-18(3)12(11)16-14(17-13)15-8-5-2/h5,7,9H,2,4,6,8,10H2,1,3H3,(H,15,16,17). The fraction of sp³-hybridized carbons (Fsp3) is 0.429. The van der Waals surface area contributed by atoms with E-state index < -0.39 is 0 Å². The Morgan fingerprint density at radius 3 is 3.05 bits per heavy atom. The molecule has 2 aromatic heterocycles. The van der Waals surface area contributed by atoms with Gasteiger partial charge in [0, 0.05) is 19.8 Å². The van der Waals surface area contributed by atoms with Crippen molar-refractivity contribution in [2.75, 3.05) is 18.5 Å². The average molecular weight is 260 g/mol. The predicted molar refractivity (Wildman–Crippen MR) is 77.6 cm³/mol. The van der Waals surface area contributed by atoms with Crippen LogP contribution in [0.15, 0.2) is 24.9 Å². The Hall–Kier alpha value is -2.04. The maximum atomic E-state index is 5.76. The van der Waals surface area contributed by atoms with Gasteiger partial charge in [-0.15, -0.1) is 6.58 Å². The van der Waals surface area contributed by atoms with Crippen LogP contribution in [0.4, 0.5) is 5.95 Å². The molecule has 0 amide bonds. The van der Waals surface area contributed by atoms with E-state index in [-0.39, 0.29) is 0 Å². The lowest BCUT2D eigenvalue weighted by Crippen LogP contribution is -2.07. The van der Waals surface area contributed by atoms with Gasteiger partial charge in [-0.2, -0.15) is 9.97 Å². The number of nitrogens with zero attached hydrogens (tertiary/aromatic N) is 3. The summed E-state index contributed by atoms with van der Waals surface area (Å²) in [5.41, 5.74) is 0.869. The number of hydrogen-bond acceptors (Lipinski definition) is 4. The Bertz CT molecular complexity index is 562. The third-order valence-electron chi connectivity index (χ3n) is 2.83. The molecule has 5 heteroatoms. The van der Waals surface area contributed by atoms with E-state index in [9.17, 15) is 0 Å². The predicted octanol–water partition coefficient (Wildman–Crippen LogP) is 2.75. The first-order valence-electron chi connectivity index (χ1n) is 6.57. The van der Waals surface area contributed by atoms with Gasteiger partial charge in [0.1, 0.15) is 5.65 Å². The Morgan fingerprint density at radius 1 is 1.47 bits per heavy atom. The van der Waals surface area contributed by atoms with Crippen LogP contribution in [0.25, 0.3) is 11.0 Å². The molecule has 5 nitrogen and oxygen atoms in total. The van der Waals surface area contributed by atoms with Gasteiger partial charge < -0.3 is 14.6 Å². The van der Waals surface area contributed by atoms with Crippen LogP contribution in [0.5, 0.6) is 5.88 Å². The maximum absolute atomic E-state index is 5.76. The number of hydrogen-bond donors (Lipinski definition) is 1. The van der Waals surface area contributed by atoms with Crippen molar-refractivity contribution in [1.29, 1.82) is 0 Å². The lowest BCUT2D eigenvalue weighted by atomic mass is 10.3. The highest BCUT2D eigenvalue weighted by Crippen LogP contribution is 2.24. The van der Waals surface area contributed by atoms with Crippen LogP contribution in [0.3, 0.4) is 0 Å². The second-order valence-electron chi connectivity index (χ2n) is 4.39. The summed E-state index contributed by atoms with van der Waals surface area (Å²) >= 11 is 0. The van der Waals surface area contributed by atoms with E-state index in [1.807, 2.05) is 23.9 Å². The van der Waals surface area contributed by atoms with Gasteiger partial charge >= 0.3 is 0 Å². The topological polar surface area (TPSA) is 52.0 Å². The fourth-order valence-electron chi connectivity index (χ4n) is 1.77. The number of anilines is 1. The van der Waals surface area contributed by atoms with Crippen LogP contribution in [-0.4, -0.2) is 27.7 Å². The largest absolute Gasteiger partial charge is 0.477 e. The second kappa shape index (κ2) is 6.22. The maximum Gasteiger partial charge on any atom is 0.228 e. The molecule has 2 aromatic rings. The van der Waals surface area contributed by atoms with Crippen molar-refractivity contribution in [1.82, 2.24) is 14.5 Å². The summed E-state index contributed by atoms with van der Waals surface area (Å²) in [6, 6.07) is 1.98. The van der Waals surface area contributed by atoms with Crippen molar-refractivity contribution in [2.45, 2.75) is 19.8 Å². The number of nitrogens with one attached hydrogen (secondary N) is 1.